The second-order valence-electron chi connectivity index (χ2n) is 10.2. The number of likely N-dealkylation sites (tertiary alicyclic amines) is 1. The Labute approximate surface area is 244 Å². The van der Waals surface area contributed by atoms with Crippen LogP contribution in [-0.2, 0) is 40.5 Å². The average Bonchev–Trinajstić information content (AvgIpc) is 3.63. The fourth-order valence-electron chi connectivity index (χ4n) is 5.28. The second kappa shape index (κ2) is 13.1. The van der Waals surface area contributed by atoms with E-state index in [-0.39, 0.29) is 30.9 Å². The van der Waals surface area contributed by atoms with Gasteiger partial charge in [-0.15, -0.1) is 11.3 Å². The van der Waals surface area contributed by atoms with Crippen molar-refractivity contribution in [1.82, 2.24) is 9.88 Å². The summed E-state index contributed by atoms with van der Waals surface area (Å²) in [5.74, 6) is 0. The summed E-state index contributed by atoms with van der Waals surface area (Å²) in [5, 5.41) is 0. The van der Waals surface area contributed by atoms with Gasteiger partial charge < -0.3 is 14.2 Å². The molecule has 0 aliphatic carbocycles. The van der Waals surface area contributed by atoms with Gasteiger partial charge in [-0.05, 0) is 40.8 Å². The van der Waals surface area contributed by atoms with Crippen LogP contribution in [0.2, 0.25) is 0 Å². The summed E-state index contributed by atoms with van der Waals surface area (Å²) in [7, 11) is 0. The van der Waals surface area contributed by atoms with Crippen molar-refractivity contribution in [3.63, 3.8) is 0 Å². The summed E-state index contributed by atoms with van der Waals surface area (Å²) in [6.45, 7) is 1.44. The number of amides is 1. The van der Waals surface area contributed by atoms with Gasteiger partial charge in [0.05, 0.1) is 41.5 Å². The Morgan fingerprint density at radius 3 is 2.02 bits per heavy atom. The SMILES string of the molecule is O=C(OCc1ccccc1)N1C[C@H](OCc2ccccc2)[C@@H](OCc2ccccc2)[C@H]1Cc1ccc2scnc2c1. The lowest BCUT2D eigenvalue weighted by molar-refractivity contribution is -0.0707. The van der Waals surface area contributed by atoms with Crippen LogP contribution in [0.4, 0.5) is 4.79 Å². The molecule has 1 aromatic heterocycles. The minimum absolute atomic E-state index is 0.207. The van der Waals surface area contributed by atoms with Crippen molar-refractivity contribution in [1.29, 1.82) is 0 Å². The maximum absolute atomic E-state index is 13.6. The number of hydrogen-bond donors (Lipinski definition) is 0. The van der Waals surface area contributed by atoms with E-state index in [1.165, 1.54) is 0 Å². The van der Waals surface area contributed by atoms with E-state index < -0.39 is 0 Å². The summed E-state index contributed by atoms with van der Waals surface area (Å²) in [6.07, 6.45) is -0.448. The first-order valence-electron chi connectivity index (χ1n) is 13.8. The molecule has 2 heterocycles. The molecule has 0 unspecified atom stereocenters. The molecule has 1 amide bonds. The van der Waals surface area contributed by atoms with Gasteiger partial charge in [0.2, 0.25) is 0 Å². The van der Waals surface area contributed by atoms with E-state index in [1.54, 1.807) is 16.2 Å². The van der Waals surface area contributed by atoms with Crippen LogP contribution in [0.1, 0.15) is 22.3 Å². The maximum atomic E-state index is 13.6. The Hall–Kier alpha value is -4.04. The first-order valence-corrected chi connectivity index (χ1v) is 14.7. The lowest BCUT2D eigenvalue weighted by atomic mass is 10.0. The highest BCUT2D eigenvalue weighted by atomic mass is 32.1. The lowest BCUT2D eigenvalue weighted by Crippen LogP contribution is -2.42. The molecule has 6 rings (SSSR count). The third-order valence-corrected chi connectivity index (χ3v) is 8.20. The van der Waals surface area contributed by atoms with Crippen molar-refractivity contribution < 1.29 is 19.0 Å². The molecule has 1 fully saturated rings. The molecule has 1 saturated heterocycles. The van der Waals surface area contributed by atoms with Gasteiger partial charge in [0.25, 0.3) is 0 Å². The number of carbonyl (C=O) groups is 1. The second-order valence-corrected chi connectivity index (χ2v) is 11.1. The molecular formula is C34H32N2O4S. The van der Waals surface area contributed by atoms with Crippen molar-refractivity contribution in [3.8, 4) is 0 Å². The van der Waals surface area contributed by atoms with E-state index in [0.29, 0.717) is 26.2 Å². The molecule has 41 heavy (non-hydrogen) atoms. The van der Waals surface area contributed by atoms with Crippen molar-refractivity contribution in [2.75, 3.05) is 6.54 Å². The first-order chi connectivity index (χ1) is 20.2. The Morgan fingerprint density at radius 1 is 0.756 bits per heavy atom. The van der Waals surface area contributed by atoms with Crippen LogP contribution in [0.25, 0.3) is 10.2 Å². The molecule has 1 aliphatic heterocycles. The largest absolute Gasteiger partial charge is 0.445 e. The van der Waals surface area contributed by atoms with Gasteiger partial charge in [-0.1, -0.05) is 97.1 Å². The summed E-state index contributed by atoms with van der Waals surface area (Å²) < 4.78 is 20.0. The molecule has 208 valence electrons. The normalized spacial score (nSPS) is 18.5. The molecule has 4 aromatic carbocycles. The van der Waals surface area contributed by atoms with Gasteiger partial charge in [-0.3, -0.25) is 4.90 Å². The summed E-state index contributed by atoms with van der Waals surface area (Å²) in [4.78, 5) is 19.9. The molecule has 0 N–H and O–H groups in total. The number of benzene rings is 4. The number of aromatic nitrogens is 1. The van der Waals surface area contributed by atoms with Crippen LogP contribution in [-0.4, -0.2) is 40.8 Å². The molecule has 0 spiro atoms. The molecule has 0 bridgehead atoms. The predicted octanol–water partition coefficient (Wildman–Crippen LogP) is 7.03. The lowest BCUT2D eigenvalue weighted by Gasteiger charge is -2.28. The number of ether oxygens (including phenoxy) is 3. The zero-order valence-electron chi connectivity index (χ0n) is 22.7. The van der Waals surface area contributed by atoms with Crippen molar-refractivity contribution in [3.05, 3.63) is 137 Å². The third kappa shape index (κ3) is 6.82. The topological polar surface area (TPSA) is 60.9 Å². The fourth-order valence-corrected chi connectivity index (χ4v) is 5.94. The Balaban J connectivity index is 1.27. The molecular weight excluding hydrogens is 532 g/mol. The van der Waals surface area contributed by atoms with E-state index >= 15 is 0 Å². The quantitative estimate of drug-likeness (QED) is 0.182. The zero-order valence-corrected chi connectivity index (χ0v) is 23.5. The van der Waals surface area contributed by atoms with Crippen LogP contribution in [0.3, 0.4) is 0 Å². The molecule has 3 atom stereocenters. The molecule has 6 nitrogen and oxygen atoms in total. The van der Waals surface area contributed by atoms with Crippen molar-refractivity contribution in [2.24, 2.45) is 0 Å². The monoisotopic (exact) mass is 564 g/mol. The summed E-state index contributed by atoms with van der Waals surface area (Å²) >= 11 is 1.62. The van der Waals surface area contributed by atoms with Crippen molar-refractivity contribution in [2.45, 2.75) is 44.5 Å². The van der Waals surface area contributed by atoms with Crippen LogP contribution in [0.5, 0.6) is 0 Å². The Bertz CT molecular complexity index is 1540. The first kappa shape index (κ1) is 27.1. The van der Waals surface area contributed by atoms with Crippen molar-refractivity contribution >= 4 is 27.6 Å². The van der Waals surface area contributed by atoms with Gasteiger partial charge in [-0.25, -0.2) is 9.78 Å². The molecule has 1 aliphatic rings. The van der Waals surface area contributed by atoms with Crippen LogP contribution >= 0.6 is 11.3 Å². The van der Waals surface area contributed by atoms with Gasteiger partial charge >= 0.3 is 6.09 Å². The maximum Gasteiger partial charge on any atom is 0.410 e. The summed E-state index contributed by atoms with van der Waals surface area (Å²) in [6, 6.07) is 35.9. The molecule has 0 radical (unpaired) electrons. The van der Waals surface area contributed by atoms with E-state index in [9.17, 15) is 4.79 Å². The molecule has 5 aromatic rings. The van der Waals surface area contributed by atoms with Gasteiger partial charge in [0, 0.05) is 0 Å². The number of thiazole rings is 1. The standard InChI is InChI=1S/C34H32N2O4S/c37-34(40-23-27-14-8-3-9-15-27)36-20-31(38-21-25-10-4-1-5-11-25)33(39-22-26-12-6-2-7-13-26)30(36)19-28-16-17-32-29(18-28)35-24-41-32/h1-18,24,30-31,33H,19-23H2/t30-,31+,33+/m1/s1. The molecule has 7 heteroatoms. The Kier molecular flexibility index (Phi) is 8.66. The number of nitrogens with zero attached hydrogens (tertiary/aromatic N) is 2. The highest BCUT2D eigenvalue weighted by Gasteiger charge is 2.46. The van der Waals surface area contributed by atoms with Crippen LogP contribution < -0.4 is 0 Å². The van der Waals surface area contributed by atoms with Gasteiger partial charge in [0.1, 0.15) is 18.8 Å². The van der Waals surface area contributed by atoms with Gasteiger partial charge in [0.15, 0.2) is 0 Å². The van der Waals surface area contributed by atoms with E-state index in [0.717, 1.165) is 32.5 Å². The zero-order chi connectivity index (χ0) is 27.9. The Morgan fingerprint density at radius 2 is 1.37 bits per heavy atom. The number of fused-ring (bicyclic) bond motifs is 1. The minimum Gasteiger partial charge on any atom is -0.445 e. The van der Waals surface area contributed by atoms with Crippen LogP contribution in [0.15, 0.2) is 115 Å². The number of hydrogen-bond acceptors (Lipinski definition) is 6. The smallest absolute Gasteiger partial charge is 0.410 e. The predicted molar refractivity (Wildman–Crippen MR) is 160 cm³/mol. The van der Waals surface area contributed by atoms with E-state index in [1.807, 2.05) is 96.5 Å². The van der Waals surface area contributed by atoms with Crippen LogP contribution in [0, 0.1) is 0 Å². The van der Waals surface area contributed by atoms with E-state index in [2.05, 4.69) is 23.2 Å². The fraction of sp³-hybridized carbons (Fsp3) is 0.235. The minimum atomic E-state index is -0.368. The average molecular weight is 565 g/mol. The summed E-state index contributed by atoms with van der Waals surface area (Å²) in [5.41, 5.74) is 7.00. The molecule has 0 saturated carbocycles. The highest BCUT2D eigenvalue weighted by molar-refractivity contribution is 7.16. The van der Waals surface area contributed by atoms with E-state index in [4.69, 9.17) is 14.2 Å². The highest BCUT2D eigenvalue weighted by Crippen LogP contribution is 2.30. The van der Waals surface area contributed by atoms with Gasteiger partial charge in [-0.2, -0.15) is 0 Å². The number of carbonyl (C=O) groups excluding carboxylic acids is 1. The third-order valence-electron chi connectivity index (χ3n) is 7.39. The number of rotatable bonds is 10.